The van der Waals surface area contributed by atoms with Crippen LogP contribution in [0.2, 0.25) is 0 Å². The zero-order chi connectivity index (χ0) is 24.1. The second-order valence-corrected chi connectivity index (χ2v) is 7.13. The van der Waals surface area contributed by atoms with E-state index in [1.807, 2.05) is 0 Å². The van der Waals surface area contributed by atoms with E-state index in [9.17, 15) is 24.0 Å². The van der Waals surface area contributed by atoms with Crippen molar-refractivity contribution in [3.05, 3.63) is 0 Å². The molecule has 0 saturated heterocycles. The molecule has 0 bridgehead atoms. The van der Waals surface area contributed by atoms with E-state index in [0.717, 1.165) is 0 Å². The molecule has 0 spiro atoms. The van der Waals surface area contributed by atoms with E-state index in [0.29, 0.717) is 13.0 Å². The van der Waals surface area contributed by atoms with Gasteiger partial charge in [-0.15, -0.1) is 0 Å². The number of aliphatic carboxylic acids is 1. The van der Waals surface area contributed by atoms with E-state index in [2.05, 4.69) is 20.9 Å². The minimum absolute atomic E-state index is 0.0668. The van der Waals surface area contributed by atoms with E-state index in [1.165, 1.54) is 0 Å². The molecular formula is C17H32N8O6. The first-order chi connectivity index (χ1) is 14.3. The number of primary amides is 1. The maximum absolute atomic E-state index is 12.4. The first kappa shape index (κ1) is 27.6. The van der Waals surface area contributed by atoms with Gasteiger partial charge in [-0.1, -0.05) is 13.8 Å². The van der Waals surface area contributed by atoms with Gasteiger partial charge in [-0.05, 0) is 18.8 Å². The highest BCUT2D eigenvalue weighted by atomic mass is 16.4. The van der Waals surface area contributed by atoms with Gasteiger partial charge in [0.15, 0.2) is 5.96 Å². The molecule has 0 aromatic rings. The van der Waals surface area contributed by atoms with Crippen molar-refractivity contribution in [2.75, 3.05) is 13.1 Å². The van der Waals surface area contributed by atoms with Crippen LogP contribution in [-0.4, -0.2) is 71.9 Å². The van der Waals surface area contributed by atoms with E-state index in [-0.39, 0.29) is 18.3 Å². The molecule has 0 saturated carbocycles. The normalized spacial score (nSPS) is 13.4. The number of hydrogen-bond acceptors (Lipinski definition) is 7. The molecule has 0 aromatic heterocycles. The molecule has 14 heteroatoms. The second-order valence-electron chi connectivity index (χ2n) is 7.13. The molecule has 31 heavy (non-hydrogen) atoms. The number of amides is 4. The molecule has 14 nitrogen and oxygen atoms in total. The number of carboxylic acids is 1. The standard InChI is InChI=1S/C17H32N8O6/c1-8(2)13(25-14(28)9(18)4-3-5-22-17(20)21)15(29)23-7-12(27)24-10(16(30)31)6-11(19)26/h8-10,13H,3-7,18H2,1-2H3,(H2,19,26)(H,23,29)(H,24,27)(H,25,28)(H,30,31)(H4,20,21,22). The molecule has 0 rings (SSSR count). The number of carbonyl (C=O) groups excluding carboxylic acids is 4. The van der Waals surface area contributed by atoms with Crippen molar-refractivity contribution < 1.29 is 29.1 Å². The summed E-state index contributed by atoms with van der Waals surface area (Å²) in [5.74, 6) is -4.81. The average molecular weight is 444 g/mol. The molecule has 0 radical (unpaired) electrons. The molecule has 0 aliphatic carbocycles. The van der Waals surface area contributed by atoms with Crippen molar-refractivity contribution >= 4 is 35.6 Å². The number of carboxylic acid groups (broad SMARTS) is 1. The maximum atomic E-state index is 12.4. The Balaban J connectivity index is 4.71. The van der Waals surface area contributed by atoms with Crippen molar-refractivity contribution in [2.24, 2.45) is 33.8 Å². The van der Waals surface area contributed by atoms with Gasteiger partial charge in [-0.3, -0.25) is 24.2 Å². The van der Waals surface area contributed by atoms with Crippen molar-refractivity contribution in [1.82, 2.24) is 16.0 Å². The Morgan fingerprint density at radius 3 is 2.10 bits per heavy atom. The maximum Gasteiger partial charge on any atom is 0.326 e. The molecule has 3 unspecified atom stereocenters. The van der Waals surface area contributed by atoms with Gasteiger partial charge in [0.25, 0.3) is 0 Å². The number of aliphatic imine (C=N–C) groups is 1. The van der Waals surface area contributed by atoms with Crippen LogP contribution in [0, 0.1) is 5.92 Å². The zero-order valence-corrected chi connectivity index (χ0v) is 17.6. The Morgan fingerprint density at radius 2 is 1.61 bits per heavy atom. The monoisotopic (exact) mass is 444 g/mol. The predicted molar refractivity (Wildman–Crippen MR) is 111 cm³/mol. The summed E-state index contributed by atoms with van der Waals surface area (Å²) < 4.78 is 0. The summed E-state index contributed by atoms with van der Waals surface area (Å²) in [5.41, 5.74) is 21.2. The van der Waals surface area contributed by atoms with Gasteiger partial charge in [0.05, 0.1) is 19.0 Å². The third-order valence-electron chi connectivity index (χ3n) is 4.01. The largest absolute Gasteiger partial charge is 0.480 e. The number of nitrogens with one attached hydrogen (secondary N) is 3. The van der Waals surface area contributed by atoms with Gasteiger partial charge in [0, 0.05) is 6.54 Å². The van der Waals surface area contributed by atoms with Gasteiger partial charge in [0.1, 0.15) is 12.1 Å². The summed E-state index contributed by atoms with van der Waals surface area (Å²) in [4.78, 5) is 62.2. The molecule has 0 aromatic carbocycles. The quantitative estimate of drug-likeness (QED) is 0.0737. The van der Waals surface area contributed by atoms with Gasteiger partial charge in [-0.2, -0.15) is 0 Å². The fourth-order valence-corrected chi connectivity index (χ4v) is 2.37. The zero-order valence-electron chi connectivity index (χ0n) is 17.6. The van der Waals surface area contributed by atoms with Crippen LogP contribution in [0.3, 0.4) is 0 Å². The molecule has 4 amide bonds. The Morgan fingerprint density at radius 1 is 1.00 bits per heavy atom. The van der Waals surface area contributed by atoms with E-state index in [4.69, 9.17) is 28.0 Å². The fraction of sp³-hybridized carbons (Fsp3) is 0.647. The number of hydrogen-bond donors (Lipinski definition) is 8. The lowest BCUT2D eigenvalue weighted by Crippen LogP contribution is -2.55. The predicted octanol–water partition coefficient (Wildman–Crippen LogP) is -3.93. The van der Waals surface area contributed by atoms with Crippen LogP contribution in [0.25, 0.3) is 0 Å². The van der Waals surface area contributed by atoms with Gasteiger partial charge < -0.3 is 44.0 Å². The SMILES string of the molecule is CC(C)C(NC(=O)C(N)CCCN=C(N)N)C(=O)NCC(=O)NC(CC(N)=O)C(=O)O. The number of rotatable bonds is 14. The van der Waals surface area contributed by atoms with Crippen LogP contribution in [-0.2, 0) is 24.0 Å². The Kier molecular flexibility index (Phi) is 12.2. The molecule has 0 heterocycles. The number of nitrogens with two attached hydrogens (primary N) is 4. The highest BCUT2D eigenvalue weighted by Crippen LogP contribution is 2.04. The molecule has 0 aliphatic rings. The molecule has 176 valence electrons. The Labute approximate surface area is 179 Å². The average Bonchev–Trinajstić information content (AvgIpc) is 2.65. The molecule has 3 atom stereocenters. The summed E-state index contributed by atoms with van der Waals surface area (Å²) in [6.45, 7) is 3.11. The highest BCUT2D eigenvalue weighted by Gasteiger charge is 2.27. The molecule has 0 aliphatic heterocycles. The number of guanidine groups is 1. The van der Waals surface area contributed by atoms with Gasteiger partial charge in [-0.25, -0.2) is 4.79 Å². The first-order valence-electron chi connectivity index (χ1n) is 9.54. The van der Waals surface area contributed by atoms with Crippen LogP contribution in [0.5, 0.6) is 0 Å². The Hall–Kier alpha value is -3.42. The lowest BCUT2D eigenvalue weighted by molar-refractivity contribution is -0.143. The van der Waals surface area contributed by atoms with Crippen LogP contribution in [0.4, 0.5) is 0 Å². The topological polar surface area (TPSA) is 258 Å². The fourth-order valence-electron chi connectivity index (χ4n) is 2.37. The van der Waals surface area contributed by atoms with Crippen LogP contribution < -0.4 is 38.9 Å². The lowest BCUT2D eigenvalue weighted by atomic mass is 10.0. The van der Waals surface area contributed by atoms with E-state index in [1.54, 1.807) is 13.8 Å². The van der Waals surface area contributed by atoms with Crippen LogP contribution in [0.1, 0.15) is 33.1 Å². The lowest BCUT2D eigenvalue weighted by Gasteiger charge is -2.23. The molecule has 12 N–H and O–H groups in total. The summed E-state index contributed by atoms with van der Waals surface area (Å²) in [6.07, 6.45) is 0.149. The second kappa shape index (κ2) is 13.7. The molecule has 0 fully saturated rings. The Bertz CT molecular complexity index is 692. The van der Waals surface area contributed by atoms with Crippen LogP contribution in [0.15, 0.2) is 4.99 Å². The number of nitrogens with zero attached hydrogens (tertiary/aromatic N) is 1. The third kappa shape index (κ3) is 12.0. The third-order valence-corrected chi connectivity index (χ3v) is 4.01. The summed E-state index contributed by atoms with van der Waals surface area (Å²) in [5, 5.41) is 15.9. The van der Waals surface area contributed by atoms with Crippen molar-refractivity contribution in [1.29, 1.82) is 0 Å². The van der Waals surface area contributed by atoms with Gasteiger partial charge in [0.2, 0.25) is 23.6 Å². The summed E-state index contributed by atoms with van der Waals surface area (Å²) in [6, 6.07) is -3.39. The first-order valence-corrected chi connectivity index (χ1v) is 9.54. The molecular weight excluding hydrogens is 412 g/mol. The summed E-state index contributed by atoms with van der Waals surface area (Å²) in [7, 11) is 0. The summed E-state index contributed by atoms with van der Waals surface area (Å²) >= 11 is 0. The van der Waals surface area contributed by atoms with Crippen molar-refractivity contribution in [2.45, 2.75) is 51.2 Å². The highest BCUT2D eigenvalue weighted by molar-refractivity contribution is 5.93. The van der Waals surface area contributed by atoms with E-state index < -0.39 is 60.7 Å². The number of carbonyl (C=O) groups is 5. The van der Waals surface area contributed by atoms with E-state index >= 15 is 0 Å². The van der Waals surface area contributed by atoms with Crippen LogP contribution >= 0.6 is 0 Å². The minimum Gasteiger partial charge on any atom is -0.480 e. The van der Waals surface area contributed by atoms with Crippen molar-refractivity contribution in [3.8, 4) is 0 Å². The minimum atomic E-state index is -1.51. The van der Waals surface area contributed by atoms with Gasteiger partial charge >= 0.3 is 5.97 Å². The smallest absolute Gasteiger partial charge is 0.326 e. The van der Waals surface area contributed by atoms with Crippen molar-refractivity contribution in [3.63, 3.8) is 0 Å².